The van der Waals surface area contributed by atoms with Gasteiger partial charge in [-0.05, 0) is 79.3 Å². The summed E-state index contributed by atoms with van der Waals surface area (Å²) in [7, 11) is 0. The molecule has 1 aromatic heterocycles. The highest BCUT2D eigenvalue weighted by atomic mass is 35.5. The Bertz CT molecular complexity index is 1740. The zero-order valence-electron chi connectivity index (χ0n) is 22.2. The Hall–Kier alpha value is -3.59. The number of carbonyl (C=O) groups is 1. The Morgan fingerprint density at radius 3 is 2.42 bits per heavy atom. The highest BCUT2D eigenvalue weighted by molar-refractivity contribution is 7.98. The summed E-state index contributed by atoms with van der Waals surface area (Å²) in [5.41, 5.74) is 3.41. The van der Waals surface area contributed by atoms with Crippen molar-refractivity contribution in [3.63, 3.8) is 0 Å². The van der Waals surface area contributed by atoms with Gasteiger partial charge in [0, 0.05) is 9.92 Å². The predicted octanol–water partition coefficient (Wildman–Crippen LogP) is 5.75. The fourth-order valence-corrected chi connectivity index (χ4v) is 6.03. The van der Waals surface area contributed by atoms with Crippen molar-refractivity contribution in [2.24, 2.45) is 4.99 Å². The van der Waals surface area contributed by atoms with Gasteiger partial charge in [-0.15, -0.1) is 11.8 Å². The molecule has 0 amide bonds. The Morgan fingerprint density at radius 1 is 1.07 bits per heavy atom. The van der Waals surface area contributed by atoms with E-state index in [1.807, 2.05) is 85.1 Å². The SMILES string of the molecule is CCOC(=O)C1=C(C)N=c2s/c(=C\c3ccc(OCc4ccc(Cl)cc4)cc3)c(=O)n2C1c1ccc(SC)cc1. The third-order valence-corrected chi connectivity index (χ3v) is 8.42. The molecule has 6 nitrogen and oxygen atoms in total. The molecule has 0 saturated carbocycles. The minimum atomic E-state index is -0.628. The second kappa shape index (κ2) is 12.3. The molecule has 1 unspecified atom stereocenters. The molecule has 0 bridgehead atoms. The second-order valence-electron chi connectivity index (χ2n) is 9.06. The Labute approximate surface area is 245 Å². The first-order valence-corrected chi connectivity index (χ1v) is 15.1. The molecule has 0 N–H and O–H groups in total. The van der Waals surface area contributed by atoms with Crippen LogP contribution in [0.4, 0.5) is 0 Å². The summed E-state index contributed by atoms with van der Waals surface area (Å²) in [4.78, 5) is 33.1. The van der Waals surface area contributed by atoms with Crippen LogP contribution in [0.2, 0.25) is 5.02 Å². The van der Waals surface area contributed by atoms with E-state index in [0.717, 1.165) is 27.3 Å². The van der Waals surface area contributed by atoms with Crippen LogP contribution in [0.3, 0.4) is 0 Å². The third-order valence-electron chi connectivity index (χ3n) is 6.45. The first kappa shape index (κ1) is 28.0. The number of nitrogens with zero attached hydrogens (tertiary/aromatic N) is 2. The fourth-order valence-electron chi connectivity index (χ4n) is 4.45. The number of carbonyl (C=O) groups excluding carboxylic acids is 1. The smallest absolute Gasteiger partial charge is 0.338 e. The Balaban J connectivity index is 1.49. The molecular weight excluding hydrogens is 564 g/mol. The maximum absolute atomic E-state index is 13.8. The van der Waals surface area contributed by atoms with E-state index in [1.54, 1.807) is 30.2 Å². The van der Waals surface area contributed by atoms with Gasteiger partial charge in [-0.2, -0.15) is 0 Å². The normalized spacial score (nSPS) is 15.0. The van der Waals surface area contributed by atoms with E-state index in [9.17, 15) is 9.59 Å². The molecule has 0 saturated heterocycles. The molecule has 40 heavy (non-hydrogen) atoms. The summed E-state index contributed by atoms with van der Waals surface area (Å²) < 4.78 is 13.4. The maximum atomic E-state index is 13.8. The van der Waals surface area contributed by atoms with Crippen molar-refractivity contribution >= 4 is 46.7 Å². The van der Waals surface area contributed by atoms with Gasteiger partial charge in [-0.3, -0.25) is 9.36 Å². The topological polar surface area (TPSA) is 69.9 Å². The highest BCUT2D eigenvalue weighted by Crippen LogP contribution is 2.31. The summed E-state index contributed by atoms with van der Waals surface area (Å²) >= 11 is 8.88. The lowest BCUT2D eigenvalue weighted by molar-refractivity contribution is -0.139. The van der Waals surface area contributed by atoms with E-state index in [-0.39, 0.29) is 12.2 Å². The first-order valence-electron chi connectivity index (χ1n) is 12.7. The van der Waals surface area contributed by atoms with Crippen LogP contribution < -0.4 is 19.6 Å². The van der Waals surface area contributed by atoms with E-state index in [2.05, 4.69) is 4.99 Å². The Morgan fingerprint density at radius 2 is 1.77 bits per heavy atom. The number of hydrogen-bond donors (Lipinski definition) is 0. The van der Waals surface area contributed by atoms with Crippen LogP contribution in [0, 0.1) is 0 Å². The van der Waals surface area contributed by atoms with Crippen molar-refractivity contribution in [3.05, 3.63) is 125 Å². The number of ether oxygens (including phenoxy) is 2. The van der Waals surface area contributed by atoms with Crippen LogP contribution in [-0.2, 0) is 16.1 Å². The number of benzene rings is 3. The van der Waals surface area contributed by atoms with Crippen molar-refractivity contribution in [3.8, 4) is 5.75 Å². The minimum Gasteiger partial charge on any atom is -0.489 e. The number of aromatic nitrogens is 1. The standard InChI is InChI=1S/C31H27ClN2O4S2/c1-4-37-30(36)27-19(2)33-31-34(28(27)22-9-15-25(39-3)16-10-22)29(35)26(40-31)17-20-7-13-24(14-8-20)38-18-21-5-11-23(32)12-6-21/h5-17,28H,4,18H2,1-3H3/b26-17-. The monoisotopic (exact) mass is 590 g/mol. The number of halogens is 1. The maximum Gasteiger partial charge on any atom is 0.338 e. The fraction of sp³-hybridized carbons (Fsp3) is 0.194. The highest BCUT2D eigenvalue weighted by Gasteiger charge is 2.33. The van der Waals surface area contributed by atoms with Crippen LogP contribution in [0.1, 0.15) is 36.6 Å². The van der Waals surface area contributed by atoms with Crippen LogP contribution in [-0.4, -0.2) is 23.4 Å². The lowest BCUT2D eigenvalue weighted by Crippen LogP contribution is -2.39. The molecule has 0 spiro atoms. The van der Waals surface area contributed by atoms with Crippen molar-refractivity contribution in [2.45, 2.75) is 31.4 Å². The summed E-state index contributed by atoms with van der Waals surface area (Å²) in [6.07, 6.45) is 3.84. The Kier molecular flexibility index (Phi) is 8.59. The number of fused-ring (bicyclic) bond motifs is 1. The van der Waals surface area contributed by atoms with Gasteiger partial charge in [-0.1, -0.05) is 59.3 Å². The number of allylic oxidation sites excluding steroid dienone is 1. The van der Waals surface area contributed by atoms with Crippen molar-refractivity contribution in [1.29, 1.82) is 0 Å². The molecule has 0 radical (unpaired) electrons. The van der Waals surface area contributed by atoms with Gasteiger partial charge in [0.05, 0.1) is 28.5 Å². The van der Waals surface area contributed by atoms with Gasteiger partial charge in [0.15, 0.2) is 4.80 Å². The van der Waals surface area contributed by atoms with E-state index < -0.39 is 12.0 Å². The zero-order valence-corrected chi connectivity index (χ0v) is 24.6. The molecule has 9 heteroatoms. The lowest BCUT2D eigenvalue weighted by atomic mass is 9.96. The van der Waals surface area contributed by atoms with Gasteiger partial charge in [0.2, 0.25) is 0 Å². The average molecular weight is 591 g/mol. The molecule has 3 aromatic carbocycles. The van der Waals surface area contributed by atoms with Gasteiger partial charge in [0.1, 0.15) is 12.4 Å². The summed E-state index contributed by atoms with van der Waals surface area (Å²) in [6, 6.07) is 22.3. The zero-order chi connectivity index (χ0) is 28.2. The van der Waals surface area contributed by atoms with Gasteiger partial charge < -0.3 is 9.47 Å². The summed E-state index contributed by atoms with van der Waals surface area (Å²) in [6.45, 7) is 4.21. The number of rotatable bonds is 8. The molecule has 2 heterocycles. The molecule has 5 rings (SSSR count). The second-order valence-corrected chi connectivity index (χ2v) is 11.4. The molecule has 1 aliphatic rings. The molecular formula is C31H27ClN2O4S2. The number of hydrogen-bond acceptors (Lipinski definition) is 7. The van der Waals surface area contributed by atoms with Crippen LogP contribution >= 0.6 is 34.7 Å². The van der Waals surface area contributed by atoms with Gasteiger partial charge >= 0.3 is 5.97 Å². The number of thioether (sulfide) groups is 1. The van der Waals surface area contributed by atoms with Crippen molar-refractivity contribution in [2.75, 3.05) is 12.9 Å². The average Bonchev–Trinajstić information content (AvgIpc) is 3.26. The van der Waals surface area contributed by atoms with Crippen molar-refractivity contribution < 1.29 is 14.3 Å². The lowest BCUT2D eigenvalue weighted by Gasteiger charge is -2.24. The molecule has 204 valence electrons. The molecule has 0 fully saturated rings. The number of thiazole rings is 1. The van der Waals surface area contributed by atoms with E-state index in [4.69, 9.17) is 21.1 Å². The minimum absolute atomic E-state index is 0.208. The first-order chi connectivity index (χ1) is 19.4. The van der Waals surface area contributed by atoms with Gasteiger partial charge in [0.25, 0.3) is 5.56 Å². The molecule has 0 aliphatic carbocycles. The number of esters is 1. The van der Waals surface area contributed by atoms with Crippen molar-refractivity contribution in [1.82, 2.24) is 4.57 Å². The third kappa shape index (κ3) is 5.94. The van der Waals surface area contributed by atoms with E-state index in [0.29, 0.717) is 32.2 Å². The molecule has 1 aliphatic heterocycles. The summed E-state index contributed by atoms with van der Waals surface area (Å²) in [5.74, 6) is 0.253. The quantitative estimate of drug-likeness (QED) is 0.193. The van der Waals surface area contributed by atoms with Gasteiger partial charge in [-0.25, -0.2) is 9.79 Å². The molecule has 4 aromatic rings. The predicted molar refractivity (Wildman–Crippen MR) is 161 cm³/mol. The van der Waals surface area contributed by atoms with E-state index >= 15 is 0 Å². The van der Waals surface area contributed by atoms with Crippen LogP contribution in [0.15, 0.2) is 98.7 Å². The summed E-state index contributed by atoms with van der Waals surface area (Å²) in [5, 5.41) is 0.686. The molecule has 1 atom stereocenters. The largest absolute Gasteiger partial charge is 0.489 e. The van der Waals surface area contributed by atoms with E-state index in [1.165, 1.54) is 11.3 Å². The van der Waals surface area contributed by atoms with Crippen LogP contribution in [0.5, 0.6) is 5.75 Å². The van der Waals surface area contributed by atoms with Crippen LogP contribution in [0.25, 0.3) is 6.08 Å².